The fraction of sp³-hybridized carbons (Fsp3) is 0.0667. The molecule has 3 amide bonds. The Hall–Kier alpha value is -2.34. The minimum atomic E-state index is -0.670. The summed E-state index contributed by atoms with van der Waals surface area (Å²) in [6.45, 7) is 1.94. The summed E-state index contributed by atoms with van der Waals surface area (Å²) >= 11 is 3.41. The smallest absolute Gasteiger partial charge is 0.316 e. The zero-order chi connectivity index (χ0) is 15.4. The number of halogens is 1. The van der Waals surface area contributed by atoms with Crippen LogP contribution in [0.1, 0.15) is 15.9 Å². The summed E-state index contributed by atoms with van der Waals surface area (Å²) in [5.74, 6) is -0.259. The minimum Gasteiger partial charge on any atom is -0.351 e. The highest BCUT2D eigenvalue weighted by Gasteiger charge is 2.08. The van der Waals surface area contributed by atoms with E-state index < -0.39 is 6.03 Å². The van der Waals surface area contributed by atoms with E-state index in [4.69, 9.17) is 5.73 Å². The minimum absolute atomic E-state index is 0.259. The Bertz CT molecular complexity index is 701. The SMILES string of the molecule is Cc1cc(NC(=O)c2cccc(NC(N)=O)c2)ccc1Br. The largest absolute Gasteiger partial charge is 0.351 e. The van der Waals surface area contributed by atoms with Gasteiger partial charge < -0.3 is 16.4 Å². The Morgan fingerprint density at radius 3 is 2.43 bits per heavy atom. The first kappa shape index (κ1) is 15.1. The Labute approximate surface area is 130 Å². The summed E-state index contributed by atoms with van der Waals surface area (Å²) in [6.07, 6.45) is 0. The molecule has 0 spiro atoms. The number of hydrogen-bond donors (Lipinski definition) is 3. The molecule has 108 valence electrons. The van der Waals surface area contributed by atoms with E-state index in [1.165, 1.54) is 0 Å². The van der Waals surface area contributed by atoms with Gasteiger partial charge in [-0.05, 0) is 48.9 Å². The average molecular weight is 348 g/mol. The molecule has 0 atom stereocenters. The van der Waals surface area contributed by atoms with E-state index in [9.17, 15) is 9.59 Å². The lowest BCUT2D eigenvalue weighted by molar-refractivity contribution is 0.102. The van der Waals surface area contributed by atoms with E-state index in [2.05, 4.69) is 26.6 Å². The number of aryl methyl sites for hydroxylation is 1. The van der Waals surface area contributed by atoms with E-state index >= 15 is 0 Å². The van der Waals surface area contributed by atoms with Crippen molar-refractivity contribution in [1.82, 2.24) is 0 Å². The number of hydrogen-bond acceptors (Lipinski definition) is 2. The summed E-state index contributed by atoms with van der Waals surface area (Å²) < 4.78 is 0.980. The highest BCUT2D eigenvalue weighted by Crippen LogP contribution is 2.21. The molecule has 0 aliphatic rings. The second kappa shape index (κ2) is 6.41. The normalized spacial score (nSPS) is 10.0. The Balaban J connectivity index is 2.16. The molecular weight excluding hydrogens is 334 g/mol. The van der Waals surface area contributed by atoms with Crippen LogP contribution >= 0.6 is 15.9 Å². The number of urea groups is 1. The summed E-state index contributed by atoms with van der Waals surface area (Å²) in [5.41, 5.74) is 7.68. The molecule has 0 saturated carbocycles. The number of primary amides is 1. The number of carbonyl (C=O) groups excluding carboxylic acids is 2. The molecule has 2 aromatic rings. The average Bonchev–Trinajstić information content (AvgIpc) is 2.42. The molecule has 0 aromatic heterocycles. The topological polar surface area (TPSA) is 84.2 Å². The van der Waals surface area contributed by atoms with E-state index in [1.807, 2.05) is 19.1 Å². The fourth-order valence-corrected chi connectivity index (χ4v) is 2.05. The first-order valence-corrected chi connectivity index (χ1v) is 6.99. The van der Waals surface area contributed by atoms with Crippen molar-refractivity contribution in [1.29, 1.82) is 0 Å². The zero-order valence-corrected chi connectivity index (χ0v) is 12.9. The maximum absolute atomic E-state index is 12.2. The number of amides is 3. The van der Waals surface area contributed by atoms with Crippen molar-refractivity contribution in [3.05, 3.63) is 58.1 Å². The molecule has 21 heavy (non-hydrogen) atoms. The van der Waals surface area contributed by atoms with Crippen molar-refractivity contribution in [2.24, 2.45) is 5.73 Å². The number of carbonyl (C=O) groups is 2. The monoisotopic (exact) mass is 347 g/mol. The molecule has 2 aromatic carbocycles. The molecule has 6 heteroatoms. The summed E-state index contributed by atoms with van der Waals surface area (Å²) in [4.78, 5) is 23.0. The van der Waals surface area contributed by atoms with Crippen LogP contribution in [0.25, 0.3) is 0 Å². The second-order valence-corrected chi connectivity index (χ2v) is 5.34. The van der Waals surface area contributed by atoms with Gasteiger partial charge in [-0.2, -0.15) is 0 Å². The van der Waals surface area contributed by atoms with Gasteiger partial charge in [-0.3, -0.25) is 4.79 Å². The van der Waals surface area contributed by atoms with Crippen LogP contribution in [-0.4, -0.2) is 11.9 Å². The third-order valence-electron chi connectivity index (χ3n) is 2.81. The van der Waals surface area contributed by atoms with Gasteiger partial charge in [-0.25, -0.2) is 4.79 Å². The van der Waals surface area contributed by atoms with Gasteiger partial charge >= 0.3 is 6.03 Å². The molecule has 0 saturated heterocycles. The number of nitrogens with two attached hydrogens (primary N) is 1. The van der Waals surface area contributed by atoms with E-state index in [0.717, 1.165) is 10.0 Å². The van der Waals surface area contributed by atoms with Gasteiger partial charge in [0.25, 0.3) is 5.91 Å². The lowest BCUT2D eigenvalue weighted by Gasteiger charge is -2.08. The van der Waals surface area contributed by atoms with Crippen LogP contribution in [0.15, 0.2) is 46.9 Å². The second-order valence-electron chi connectivity index (χ2n) is 4.49. The molecule has 0 heterocycles. The van der Waals surface area contributed by atoms with Crippen molar-refractivity contribution < 1.29 is 9.59 Å². The molecule has 2 rings (SSSR count). The quantitative estimate of drug-likeness (QED) is 0.793. The van der Waals surface area contributed by atoms with Crippen molar-refractivity contribution in [3.63, 3.8) is 0 Å². The van der Waals surface area contributed by atoms with Gasteiger partial charge in [-0.1, -0.05) is 22.0 Å². The lowest BCUT2D eigenvalue weighted by Crippen LogP contribution is -2.19. The zero-order valence-electron chi connectivity index (χ0n) is 11.3. The Morgan fingerprint density at radius 2 is 1.76 bits per heavy atom. The maximum atomic E-state index is 12.2. The van der Waals surface area contributed by atoms with Crippen molar-refractivity contribution in [3.8, 4) is 0 Å². The van der Waals surface area contributed by atoms with Crippen molar-refractivity contribution >= 4 is 39.2 Å². The summed E-state index contributed by atoms with van der Waals surface area (Å²) in [7, 11) is 0. The van der Waals surface area contributed by atoms with Crippen LogP contribution in [-0.2, 0) is 0 Å². The molecule has 5 nitrogen and oxygen atoms in total. The molecule has 0 unspecified atom stereocenters. The molecule has 0 bridgehead atoms. The summed E-state index contributed by atoms with van der Waals surface area (Å²) in [5, 5.41) is 5.24. The standard InChI is InChI=1S/C15H14BrN3O2/c1-9-7-12(5-6-13(9)16)18-14(20)10-3-2-4-11(8-10)19-15(17)21/h2-8H,1H3,(H,18,20)(H3,17,19,21). The lowest BCUT2D eigenvalue weighted by atomic mass is 10.1. The predicted octanol–water partition coefficient (Wildman–Crippen LogP) is 3.50. The Morgan fingerprint density at radius 1 is 1.05 bits per heavy atom. The first-order chi connectivity index (χ1) is 9.95. The highest BCUT2D eigenvalue weighted by molar-refractivity contribution is 9.10. The molecule has 0 aliphatic carbocycles. The van der Waals surface area contributed by atoms with Crippen LogP contribution in [0, 0.1) is 6.92 Å². The van der Waals surface area contributed by atoms with Gasteiger partial charge in [-0.15, -0.1) is 0 Å². The number of benzene rings is 2. The molecular formula is C15H14BrN3O2. The number of rotatable bonds is 3. The van der Waals surface area contributed by atoms with Gasteiger partial charge in [0.15, 0.2) is 0 Å². The van der Waals surface area contributed by atoms with Gasteiger partial charge in [0, 0.05) is 21.4 Å². The maximum Gasteiger partial charge on any atom is 0.316 e. The van der Waals surface area contributed by atoms with Crippen LogP contribution < -0.4 is 16.4 Å². The van der Waals surface area contributed by atoms with Gasteiger partial charge in [0.2, 0.25) is 0 Å². The van der Waals surface area contributed by atoms with Crippen molar-refractivity contribution in [2.75, 3.05) is 10.6 Å². The summed E-state index contributed by atoms with van der Waals surface area (Å²) in [6, 6.07) is 11.4. The van der Waals surface area contributed by atoms with E-state index in [1.54, 1.807) is 30.3 Å². The van der Waals surface area contributed by atoms with E-state index in [-0.39, 0.29) is 5.91 Å². The van der Waals surface area contributed by atoms with E-state index in [0.29, 0.717) is 16.9 Å². The third-order valence-corrected chi connectivity index (χ3v) is 3.70. The molecule has 0 radical (unpaired) electrons. The first-order valence-electron chi connectivity index (χ1n) is 6.20. The third kappa shape index (κ3) is 4.06. The fourth-order valence-electron chi connectivity index (χ4n) is 1.81. The van der Waals surface area contributed by atoms with Gasteiger partial charge in [0.1, 0.15) is 0 Å². The molecule has 4 N–H and O–H groups in total. The predicted molar refractivity (Wildman–Crippen MR) is 86.5 cm³/mol. The van der Waals surface area contributed by atoms with Gasteiger partial charge in [0.05, 0.1) is 0 Å². The molecule has 0 aliphatic heterocycles. The molecule has 0 fully saturated rings. The van der Waals surface area contributed by atoms with Crippen LogP contribution in [0.2, 0.25) is 0 Å². The Kier molecular flexibility index (Phi) is 4.59. The number of nitrogens with one attached hydrogen (secondary N) is 2. The van der Waals surface area contributed by atoms with Crippen LogP contribution in [0.4, 0.5) is 16.2 Å². The highest BCUT2D eigenvalue weighted by atomic mass is 79.9. The van der Waals surface area contributed by atoms with Crippen molar-refractivity contribution in [2.45, 2.75) is 6.92 Å². The number of anilines is 2. The van der Waals surface area contributed by atoms with Crippen LogP contribution in [0.3, 0.4) is 0 Å². The van der Waals surface area contributed by atoms with Crippen LogP contribution in [0.5, 0.6) is 0 Å².